The summed E-state index contributed by atoms with van der Waals surface area (Å²) >= 11 is 0. The Morgan fingerprint density at radius 2 is 2.07 bits per heavy atom. The Hall–Kier alpha value is -1.17. The molecule has 1 aromatic heterocycles. The lowest BCUT2D eigenvalue weighted by Gasteiger charge is -2.02. The van der Waals surface area contributed by atoms with Crippen LogP contribution in [0.5, 0.6) is 0 Å². The fourth-order valence-electron chi connectivity index (χ4n) is 0.994. The SMILES string of the molecule is CCCc1ccc(NS(C)(=O)=O)nn1. The lowest BCUT2D eigenvalue weighted by molar-refractivity contribution is 0.606. The number of hydrogen-bond donors (Lipinski definition) is 1. The summed E-state index contributed by atoms with van der Waals surface area (Å²) in [5.74, 6) is 0.257. The predicted octanol–water partition coefficient (Wildman–Crippen LogP) is 0.801. The minimum Gasteiger partial charge on any atom is -0.266 e. The van der Waals surface area contributed by atoms with Gasteiger partial charge in [0.2, 0.25) is 10.0 Å². The largest absolute Gasteiger partial charge is 0.266 e. The Labute approximate surface area is 83.6 Å². The van der Waals surface area contributed by atoms with Crippen molar-refractivity contribution in [1.82, 2.24) is 10.2 Å². The molecule has 1 N–H and O–H groups in total. The number of aromatic nitrogens is 2. The molecule has 6 heteroatoms. The Balaban J connectivity index is 2.74. The van der Waals surface area contributed by atoms with Crippen molar-refractivity contribution >= 4 is 15.8 Å². The summed E-state index contributed by atoms with van der Waals surface area (Å²) in [6.45, 7) is 2.05. The number of hydrogen-bond acceptors (Lipinski definition) is 4. The first kappa shape index (κ1) is 10.9. The third-order valence-corrected chi connectivity index (χ3v) is 2.10. The van der Waals surface area contributed by atoms with Crippen LogP contribution in [0.4, 0.5) is 5.82 Å². The van der Waals surface area contributed by atoms with Crippen LogP contribution < -0.4 is 4.72 Å². The number of aryl methyl sites for hydroxylation is 1. The number of anilines is 1. The van der Waals surface area contributed by atoms with Crippen molar-refractivity contribution < 1.29 is 8.42 Å². The maximum absolute atomic E-state index is 10.8. The summed E-state index contributed by atoms with van der Waals surface area (Å²) in [7, 11) is -3.25. The standard InChI is InChI=1S/C8H13N3O2S/c1-3-4-7-5-6-8(10-9-7)11-14(2,12)13/h5-6H,3-4H2,1-2H3,(H,10,11). The van der Waals surface area contributed by atoms with Gasteiger partial charge in [-0.1, -0.05) is 13.3 Å². The van der Waals surface area contributed by atoms with E-state index in [0.717, 1.165) is 24.8 Å². The summed E-state index contributed by atoms with van der Waals surface area (Å²) in [4.78, 5) is 0. The smallest absolute Gasteiger partial charge is 0.231 e. The molecule has 0 saturated carbocycles. The normalized spacial score (nSPS) is 11.3. The van der Waals surface area contributed by atoms with Crippen LogP contribution >= 0.6 is 0 Å². The van der Waals surface area contributed by atoms with Crippen molar-refractivity contribution in [2.75, 3.05) is 11.0 Å². The fraction of sp³-hybridized carbons (Fsp3) is 0.500. The third kappa shape index (κ3) is 3.69. The monoisotopic (exact) mass is 215 g/mol. The van der Waals surface area contributed by atoms with Gasteiger partial charge in [0.25, 0.3) is 0 Å². The number of sulfonamides is 1. The Morgan fingerprint density at radius 3 is 2.50 bits per heavy atom. The Kier molecular flexibility index (Phi) is 3.40. The maximum Gasteiger partial charge on any atom is 0.231 e. The van der Waals surface area contributed by atoms with Gasteiger partial charge in [-0.3, -0.25) is 4.72 Å². The highest BCUT2D eigenvalue weighted by Gasteiger charge is 2.03. The van der Waals surface area contributed by atoms with Crippen molar-refractivity contribution in [2.24, 2.45) is 0 Å². The van der Waals surface area contributed by atoms with E-state index < -0.39 is 10.0 Å². The third-order valence-electron chi connectivity index (χ3n) is 1.52. The van der Waals surface area contributed by atoms with E-state index in [9.17, 15) is 8.42 Å². The van der Waals surface area contributed by atoms with Crippen molar-refractivity contribution in [3.05, 3.63) is 17.8 Å². The first-order valence-corrected chi connectivity index (χ1v) is 6.21. The lowest BCUT2D eigenvalue weighted by atomic mass is 10.2. The number of nitrogens with zero attached hydrogens (tertiary/aromatic N) is 2. The van der Waals surface area contributed by atoms with Crippen LogP contribution in [0.1, 0.15) is 19.0 Å². The summed E-state index contributed by atoms with van der Waals surface area (Å²) < 4.78 is 23.9. The zero-order valence-electron chi connectivity index (χ0n) is 8.19. The van der Waals surface area contributed by atoms with Gasteiger partial charge < -0.3 is 0 Å². The number of rotatable bonds is 4. The molecule has 0 aromatic carbocycles. The molecule has 1 rings (SSSR count). The molecule has 0 unspecified atom stereocenters. The lowest BCUT2D eigenvalue weighted by Crippen LogP contribution is -2.11. The molecule has 0 aliphatic rings. The maximum atomic E-state index is 10.8. The second kappa shape index (κ2) is 4.36. The molecule has 0 bridgehead atoms. The predicted molar refractivity (Wildman–Crippen MR) is 54.5 cm³/mol. The van der Waals surface area contributed by atoms with Crippen molar-refractivity contribution in [3.8, 4) is 0 Å². The highest BCUT2D eigenvalue weighted by molar-refractivity contribution is 7.92. The summed E-state index contributed by atoms with van der Waals surface area (Å²) in [5.41, 5.74) is 0.867. The molecular weight excluding hydrogens is 202 g/mol. The van der Waals surface area contributed by atoms with Gasteiger partial charge in [-0.05, 0) is 18.6 Å². The van der Waals surface area contributed by atoms with E-state index in [-0.39, 0.29) is 5.82 Å². The van der Waals surface area contributed by atoms with Crippen LogP contribution in [-0.4, -0.2) is 24.9 Å². The van der Waals surface area contributed by atoms with Crippen molar-refractivity contribution in [1.29, 1.82) is 0 Å². The van der Waals surface area contributed by atoms with Gasteiger partial charge >= 0.3 is 0 Å². The molecular formula is C8H13N3O2S. The topological polar surface area (TPSA) is 72.0 Å². The first-order valence-electron chi connectivity index (χ1n) is 4.31. The minimum atomic E-state index is -3.25. The molecule has 14 heavy (non-hydrogen) atoms. The molecule has 0 aliphatic carbocycles. The zero-order chi connectivity index (χ0) is 10.6. The molecule has 0 radical (unpaired) electrons. The van der Waals surface area contributed by atoms with Gasteiger partial charge in [-0.25, -0.2) is 8.42 Å². The Bertz CT molecular complexity index is 386. The molecule has 78 valence electrons. The molecule has 1 heterocycles. The molecule has 0 fully saturated rings. The van der Waals surface area contributed by atoms with E-state index in [1.54, 1.807) is 12.1 Å². The van der Waals surface area contributed by atoms with Crippen LogP contribution in [0.15, 0.2) is 12.1 Å². The van der Waals surface area contributed by atoms with E-state index in [1.165, 1.54) is 0 Å². The molecule has 0 saturated heterocycles. The highest BCUT2D eigenvalue weighted by atomic mass is 32.2. The molecule has 5 nitrogen and oxygen atoms in total. The van der Waals surface area contributed by atoms with Crippen LogP contribution in [0.3, 0.4) is 0 Å². The number of nitrogens with one attached hydrogen (secondary N) is 1. The van der Waals surface area contributed by atoms with E-state index >= 15 is 0 Å². The quantitative estimate of drug-likeness (QED) is 0.806. The van der Waals surface area contributed by atoms with Crippen LogP contribution in [-0.2, 0) is 16.4 Å². The summed E-state index contributed by atoms with van der Waals surface area (Å²) in [5, 5.41) is 7.62. The van der Waals surface area contributed by atoms with Crippen molar-refractivity contribution in [3.63, 3.8) is 0 Å². The van der Waals surface area contributed by atoms with Crippen LogP contribution in [0, 0.1) is 0 Å². The van der Waals surface area contributed by atoms with Gasteiger partial charge in [0.15, 0.2) is 5.82 Å². The molecule has 1 aromatic rings. The first-order chi connectivity index (χ1) is 6.51. The molecule has 0 aliphatic heterocycles. The molecule has 0 amide bonds. The van der Waals surface area contributed by atoms with Gasteiger partial charge in [0.05, 0.1) is 11.9 Å². The van der Waals surface area contributed by atoms with E-state index in [4.69, 9.17) is 0 Å². The summed E-state index contributed by atoms with van der Waals surface area (Å²) in [6, 6.07) is 3.38. The average molecular weight is 215 g/mol. The summed E-state index contributed by atoms with van der Waals surface area (Å²) in [6.07, 6.45) is 2.92. The van der Waals surface area contributed by atoms with Gasteiger partial charge in [-0.15, -0.1) is 5.10 Å². The van der Waals surface area contributed by atoms with Crippen molar-refractivity contribution in [2.45, 2.75) is 19.8 Å². The van der Waals surface area contributed by atoms with Crippen LogP contribution in [0.25, 0.3) is 0 Å². The van der Waals surface area contributed by atoms with Gasteiger partial charge in [0, 0.05) is 0 Å². The minimum absolute atomic E-state index is 0.257. The zero-order valence-corrected chi connectivity index (χ0v) is 9.00. The van der Waals surface area contributed by atoms with Crippen LogP contribution in [0.2, 0.25) is 0 Å². The molecule has 0 atom stereocenters. The Morgan fingerprint density at radius 1 is 1.36 bits per heavy atom. The van der Waals surface area contributed by atoms with E-state index in [0.29, 0.717) is 0 Å². The fourth-order valence-corrected chi connectivity index (χ4v) is 1.48. The average Bonchev–Trinajstić information content (AvgIpc) is 2.06. The second-order valence-electron chi connectivity index (χ2n) is 3.03. The van der Waals surface area contributed by atoms with E-state index in [2.05, 4.69) is 14.9 Å². The molecule has 0 spiro atoms. The van der Waals surface area contributed by atoms with Gasteiger partial charge in [0.1, 0.15) is 0 Å². The highest BCUT2D eigenvalue weighted by Crippen LogP contribution is 2.04. The van der Waals surface area contributed by atoms with E-state index in [1.807, 2.05) is 6.92 Å². The van der Waals surface area contributed by atoms with Gasteiger partial charge in [-0.2, -0.15) is 5.10 Å². The second-order valence-corrected chi connectivity index (χ2v) is 4.78.